The average Bonchev–Trinajstić information content (AvgIpc) is 2.22. The Morgan fingerprint density at radius 3 is 2.24 bits per heavy atom. The lowest BCUT2D eigenvalue weighted by atomic mass is 9.97. The molecule has 0 saturated heterocycles. The van der Waals surface area contributed by atoms with Gasteiger partial charge in [0.25, 0.3) is 0 Å². The number of methoxy groups -OCH3 is 1. The van der Waals surface area contributed by atoms with Crippen LogP contribution in [0.1, 0.15) is 40.5 Å². The largest absolute Gasteiger partial charge is 0.379 e. The zero-order chi connectivity index (χ0) is 13.7. The molecular formula is C12H27NO3S. The minimum absolute atomic E-state index is 0.00979. The molecule has 0 heterocycles. The highest BCUT2D eigenvalue weighted by atomic mass is 32.2. The SMILES string of the molecule is CCNC(CCC(C)(C)OC)C(C)S(C)(=O)=O. The number of nitrogens with one attached hydrogen (secondary N) is 1. The van der Waals surface area contributed by atoms with Gasteiger partial charge in [-0.2, -0.15) is 0 Å². The predicted molar refractivity (Wildman–Crippen MR) is 72.1 cm³/mol. The van der Waals surface area contributed by atoms with E-state index in [-0.39, 0.29) is 16.9 Å². The molecule has 0 aromatic heterocycles. The first-order chi connectivity index (χ1) is 7.64. The van der Waals surface area contributed by atoms with Crippen molar-refractivity contribution >= 4 is 9.84 Å². The van der Waals surface area contributed by atoms with E-state index in [4.69, 9.17) is 4.74 Å². The lowest BCUT2D eigenvalue weighted by molar-refractivity contribution is 0.0117. The third kappa shape index (κ3) is 6.38. The molecule has 2 atom stereocenters. The Labute approximate surface area is 106 Å². The summed E-state index contributed by atoms with van der Waals surface area (Å²) in [6.45, 7) is 8.56. The highest BCUT2D eigenvalue weighted by molar-refractivity contribution is 7.91. The second-order valence-electron chi connectivity index (χ2n) is 5.20. The van der Waals surface area contributed by atoms with Crippen molar-refractivity contribution in [2.24, 2.45) is 0 Å². The molecule has 4 nitrogen and oxygen atoms in total. The highest BCUT2D eigenvalue weighted by Crippen LogP contribution is 2.19. The summed E-state index contributed by atoms with van der Waals surface area (Å²) in [5, 5.41) is 2.89. The summed E-state index contributed by atoms with van der Waals surface area (Å²) in [6, 6.07) is -0.00979. The maximum atomic E-state index is 11.6. The highest BCUT2D eigenvalue weighted by Gasteiger charge is 2.27. The second-order valence-corrected chi connectivity index (χ2v) is 7.60. The van der Waals surface area contributed by atoms with E-state index in [1.807, 2.05) is 20.8 Å². The van der Waals surface area contributed by atoms with Gasteiger partial charge in [0.05, 0.1) is 10.9 Å². The third-order valence-corrected chi connectivity index (χ3v) is 5.00. The van der Waals surface area contributed by atoms with Crippen molar-refractivity contribution in [2.45, 2.75) is 57.4 Å². The fraction of sp³-hybridized carbons (Fsp3) is 1.00. The van der Waals surface area contributed by atoms with Crippen LogP contribution in [0, 0.1) is 0 Å². The lowest BCUT2D eigenvalue weighted by Gasteiger charge is -2.28. The summed E-state index contributed by atoms with van der Waals surface area (Å²) in [5.41, 5.74) is -0.203. The zero-order valence-corrected chi connectivity index (χ0v) is 12.7. The molecule has 0 aliphatic rings. The van der Waals surface area contributed by atoms with Gasteiger partial charge in [0.15, 0.2) is 9.84 Å². The molecule has 0 saturated carbocycles. The van der Waals surface area contributed by atoms with E-state index in [0.717, 1.165) is 19.4 Å². The Bertz CT molecular complexity index is 312. The Kier molecular flexibility index (Phi) is 6.66. The Morgan fingerprint density at radius 2 is 1.88 bits per heavy atom. The van der Waals surface area contributed by atoms with Crippen LogP contribution in [0.15, 0.2) is 0 Å². The van der Waals surface area contributed by atoms with Gasteiger partial charge in [0.1, 0.15) is 0 Å². The van der Waals surface area contributed by atoms with Gasteiger partial charge in [-0.05, 0) is 40.2 Å². The summed E-state index contributed by atoms with van der Waals surface area (Å²) >= 11 is 0. The minimum Gasteiger partial charge on any atom is -0.379 e. The third-order valence-electron chi connectivity index (χ3n) is 3.32. The van der Waals surface area contributed by atoms with Gasteiger partial charge >= 0.3 is 0 Å². The molecule has 0 bridgehead atoms. The molecule has 0 aliphatic carbocycles. The molecule has 1 N–H and O–H groups in total. The maximum Gasteiger partial charge on any atom is 0.151 e. The predicted octanol–water partition coefficient (Wildman–Crippen LogP) is 1.60. The zero-order valence-electron chi connectivity index (χ0n) is 11.9. The average molecular weight is 265 g/mol. The summed E-state index contributed by atoms with van der Waals surface area (Å²) in [4.78, 5) is 0. The fourth-order valence-corrected chi connectivity index (χ4v) is 2.50. The van der Waals surface area contributed by atoms with Crippen LogP contribution in [0.4, 0.5) is 0 Å². The van der Waals surface area contributed by atoms with E-state index in [2.05, 4.69) is 5.32 Å². The van der Waals surface area contributed by atoms with E-state index in [1.54, 1.807) is 14.0 Å². The van der Waals surface area contributed by atoms with E-state index >= 15 is 0 Å². The molecule has 2 unspecified atom stereocenters. The first-order valence-corrected chi connectivity index (χ1v) is 8.07. The van der Waals surface area contributed by atoms with Crippen molar-refractivity contribution in [3.63, 3.8) is 0 Å². The summed E-state index contributed by atoms with van der Waals surface area (Å²) in [6.07, 6.45) is 2.92. The molecule has 0 spiro atoms. The van der Waals surface area contributed by atoms with Crippen LogP contribution in [0.2, 0.25) is 0 Å². The molecule has 0 radical (unpaired) electrons. The Hall–Kier alpha value is -0.130. The van der Waals surface area contributed by atoms with Gasteiger partial charge in [-0.1, -0.05) is 6.92 Å². The van der Waals surface area contributed by atoms with E-state index in [0.29, 0.717) is 0 Å². The second kappa shape index (κ2) is 6.71. The number of hydrogen-bond acceptors (Lipinski definition) is 4. The Morgan fingerprint density at radius 1 is 1.35 bits per heavy atom. The number of ether oxygens (including phenoxy) is 1. The quantitative estimate of drug-likeness (QED) is 0.724. The monoisotopic (exact) mass is 265 g/mol. The van der Waals surface area contributed by atoms with E-state index < -0.39 is 9.84 Å². The lowest BCUT2D eigenvalue weighted by Crippen LogP contribution is -2.43. The van der Waals surface area contributed by atoms with Crippen LogP contribution < -0.4 is 5.32 Å². The van der Waals surface area contributed by atoms with Crippen LogP contribution in [-0.4, -0.2) is 45.2 Å². The van der Waals surface area contributed by atoms with Gasteiger partial charge in [-0.3, -0.25) is 0 Å². The molecule has 5 heteroatoms. The van der Waals surface area contributed by atoms with Crippen molar-refractivity contribution in [3.05, 3.63) is 0 Å². The number of sulfone groups is 1. The molecule has 17 heavy (non-hydrogen) atoms. The van der Waals surface area contributed by atoms with Gasteiger partial charge < -0.3 is 10.1 Å². The smallest absolute Gasteiger partial charge is 0.151 e. The van der Waals surface area contributed by atoms with Gasteiger partial charge in [-0.25, -0.2) is 8.42 Å². The van der Waals surface area contributed by atoms with Gasteiger partial charge in [0, 0.05) is 19.4 Å². The number of rotatable bonds is 8. The first-order valence-electron chi connectivity index (χ1n) is 6.11. The molecule has 0 amide bonds. The summed E-state index contributed by atoms with van der Waals surface area (Å²) in [7, 11) is -1.32. The molecule has 0 rings (SSSR count). The molecule has 0 aromatic rings. The van der Waals surface area contributed by atoms with E-state index in [9.17, 15) is 8.42 Å². The van der Waals surface area contributed by atoms with Crippen molar-refractivity contribution in [1.29, 1.82) is 0 Å². The Balaban J connectivity index is 4.55. The van der Waals surface area contributed by atoms with Crippen molar-refractivity contribution in [3.8, 4) is 0 Å². The topological polar surface area (TPSA) is 55.4 Å². The van der Waals surface area contributed by atoms with Crippen LogP contribution in [0.5, 0.6) is 0 Å². The molecule has 0 aromatic carbocycles. The van der Waals surface area contributed by atoms with Crippen LogP contribution in [0.3, 0.4) is 0 Å². The molecular weight excluding hydrogens is 238 g/mol. The molecule has 104 valence electrons. The van der Waals surface area contributed by atoms with Gasteiger partial charge in [0.2, 0.25) is 0 Å². The summed E-state index contributed by atoms with van der Waals surface area (Å²) < 4.78 is 28.5. The van der Waals surface area contributed by atoms with Crippen molar-refractivity contribution in [2.75, 3.05) is 19.9 Å². The van der Waals surface area contributed by atoms with Gasteiger partial charge in [-0.15, -0.1) is 0 Å². The van der Waals surface area contributed by atoms with Crippen LogP contribution in [0.25, 0.3) is 0 Å². The summed E-state index contributed by atoms with van der Waals surface area (Å²) in [5.74, 6) is 0. The van der Waals surface area contributed by atoms with E-state index in [1.165, 1.54) is 6.26 Å². The van der Waals surface area contributed by atoms with Crippen molar-refractivity contribution in [1.82, 2.24) is 5.32 Å². The first kappa shape index (κ1) is 16.9. The molecule has 0 aliphatic heterocycles. The van der Waals surface area contributed by atoms with Crippen molar-refractivity contribution < 1.29 is 13.2 Å². The maximum absolute atomic E-state index is 11.6. The standard InChI is InChI=1S/C12H27NO3S/c1-7-13-11(10(2)17(6,14)15)8-9-12(3,4)16-5/h10-11,13H,7-9H2,1-6H3. The van der Waals surface area contributed by atoms with Crippen LogP contribution >= 0.6 is 0 Å². The normalized spacial score (nSPS) is 16.8. The number of hydrogen-bond donors (Lipinski definition) is 1. The van der Waals surface area contributed by atoms with Crippen LogP contribution in [-0.2, 0) is 14.6 Å². The molecule has 0 fully saturated rings. The minimum atomic E-state index is -3.00. The fourth-order valence-electron chi connectivity index (χ4n) is 1.67.